The highest BCUT2D eigenvalue weighted by molar-refractivity contribution is 5.28. The monoisotopic (exact) mass is 248 g/mol. The minimum absolute atomic E-state index is 0.280. The Kier molecular flexibility index (Phi) is 4.87. The summed E-state index contributed by atoms with van der Waals surface area (Å²) >= 11 is 0. The zero-order valence-corrected chi connectivity index (χ0v) is 12.0. The van der Waals surface area contributed by atoms with E-state index in [1.807, 2.05) is 0 Å². The van der Waals surface area contributed by atoms with Crippen LogP contribution in [0.25, 0.3) is 0 Å². The van der Waals surface area contributed by atoms with Gasteiger partial charge in [0.25, 0.3) is 0 Å². The lowest BCUT2D eigenvalue weighted by Crippen LogP contribution is -2.19. The highest BCUT2D eigenvalue weighted by atomic mass is 15.0. The summed E-state index contributed by atoms with van der Waals surface area (Å²) in [6.07, 6.45) is 12.6. The van der Waals surface area contributed by atoms with Crippen molar-refractivity contribution in [3.8, 4) is 0 Å². The van der Waals surface area contributed by atoms with Gasteiger partial charge in [0.2, 0.25) is 0 Å². The normalized spacial score (nSPS) is 20.7. The van der Waals surface area contributed by atoms with Crippen LogP contribution in [-0.2, 0) is 6.42 Å². The maximum atomic E-state index is 6.19. The van der Waals surface area contributed by atoms with Gasteiger partial charge in [0.05, 0.1) is 0 Å². The van der Waals surface area contributed by atoms with E-state index in [4.69, 9.17) is 5.73 Å². The molecule has 0 saturated carbocycles. The topological polar surface area (TPSA) is 30.9 Å². The van der Waals surface area contributed by atoms with Gasteiger partial charge < -0.3 is 10.3 Å². The Morgan fingerprint density at radius 3 is 3.00 bits per heavy atom. The van der Waals surface area contributed by atoms with E-state index in [0.29, 0.717) is 6.04 Å². The van der Waals surface area contributed by atoms with E-state index >= 15 is 0 Å². The lowest BCUT2D eigenvalue weighted by atomic mass is 9.93. The molecule has 0 aliphatic heterocycles. The molecule has 2 heteroatoms. The van der Waals surface area contributed by atoms with Crippen molar-refractivity contribution in [2.24, 2.45) is 5.73 Å². The summed E-state index contributed by atoms with van der Waals surface area (Å²) in [5.41, 5.74) is 9.10. The van der Waals surface area contributed by atoms with Crippen LogP contribution in [0.3, 0.4) is 0 Å². The van der Waals surface area contributed by atoms with Crippen LogP contribution >= 0.6 is 0 Å². The Hall–Kier alpha value is -0.760. The molecule has 0 fully saturated rings. The smallest absolute Gasteiger partial charge is 0.0312 e. The Labute approximate surface area is 112 Å². The molecule has 102 valence electrons. The SMILES string of the molecule is CCCCCCC(C)n1ccc2c1CCCC2N. The molecule has 2 unspecified atom stereocenters. The average Bonchev–Trinajstić information content (AvgIpc) is 2.80. The molecule has 0 saturated heterocycles. The predicted octanol–water partition coefficient (Wildman–Crippen LogP) is 4.36. The minimum Gasteiger partial charge on any atom is -0.348 e. The number of rotatable bonds is 6. The largest absolute Gasteiger partial charge is 0.348 e. The fourth-order valence-electron chi connectivity index (χ4n) is 3.17. The Bertz CT molecular complexity index is 367. The third kappa shape index (κ3) is 2.97. The molecule has 1 aliphatic carbocycles. The summed E-state index contributed by atoms with van der Waals surface area (Å²) in [6, 6.07) is 3.17. The predicted molar refractivity (Wildman–Crippen MR) is 77.8 cm³/mol. The van der Waals surface area contributed by atoms with Crippen molar-refractivity contribution in [2.75, 3.05) is 0 Å². The van der Waals surface area contributed by atoms with Gasteiger partial charge in [-0.25, -0.2) is 0 Å². The summed E-state index contributed by atoms with van der Waals surface area (Å²) in [6.45, 7) is 4.62. The van der Waals surface area contributed by atoms with Crippen molar-refractivity contribution in [1.82, 2.24) is 4.57 Å². The Morgan fingerprint density at radius 2 is 2.22 bits per heavy atom. The first kappa shape index (κ1) is 13.7. The molecule has 2 rings (SSSR count). The quantitative estimate of drug-likeness (QED) is 0.745. The van der Waals surface area contributed by atoms with Gasteiger partial charge in [-0.3, -0.25) is 0 Å². The zero-order valence-electron chi connectivity index (χ0n) is 12.0. The average molecular weight is 248 g/mol. The molecule has 0 spiro atoms. The number of nitrogens with zero attached hydrogens (tertiary/aromatic N) is 1. The lowest BCUT2D eigenvalue weighted by molar-refractivity contribution is 0.447. The summed E-state index contributed by atoms with van der Waals surface area (Å²) in [5, 5.41) is 0. The van der Waals surface area contributed by atoms with Gasteiger partial charge in [-0.1, -0.05) is 32.6 Å². The van der Waals surface area contributed by atoms with Crippen molar-refractivity contribution in [3.05, 3.63) is 23.5 Å². The molecule has 0 radical (unpaired) electrons. The number of hydrogen-bond donors (Lipinski definition) is 1. The highest BCUT2D eigenvalue weighted by Gasteiger charge is 2.21. The van der Waals surface area contributed by atoms with E-state index in [1.54, 1.807) is 0 Å². The minimum atomic E-state index is 0.280. The fraction of sp³-hybridized carbons (Fsp3) is 0.750. The van der Waals surface area contributed by atoms with E-state index in [2.05, 4.69) is 30.7 Å². The second kappa shape index (κ2) is 6.42. The van der Waals surface area contributed by atoms with Crippen LogP contribution in [0.5, 0.6) is 0 Å². The summed E-state index contributed by atoms with van der Waals surface area (Å²) in [7, 11) is 0. The fourth-order valence-corrected chi connectivity index (χ4v) is 3.17. The van der Waals surface area contributed by atoms with Gasteiger partial charge in [-0.05, 0) is 44.2 Å². The molecule has 1 aromatic rings. The molecule has 1 aromatic heterocycles. The maximum absolute atomic E-state index is 6.19. The van der Waals surface area contributed by atoms with Crippen molar-refractivity contribution in [1.29, 1.82) is 0 Å². The van der Waals surface area contributed by atoms with Gasteiger partial charge in [0.1, 0.15) is 0 Å². The van der Waals surface area contributed by atoms with Gasteiger partial charge in [-0.2, -0.15) is 0 Å². The number of aromatic nitrogens is 1. The molecule has 0 aromatic carbocycles. The van der Waals surface area contributed by atoms with Crippen molar-refractivity contribution < 1.29 is 0 Å². The van der Waals surface area contributed by atoms with Crippen molar-refractivity contribution in [2.45, 2.75) is 77.3 Å². The number of hydrogen-bond acceptors (Lipinski definition) is 1. The van der Waals surface area contributed by atoms with E-state index in [-0.39, 0.29) is 6.04 Å². The van der Waals surface area contributed by atoms with Gasteiger partial charge >= 0.3 is 0 Å². The van der Waals surface area contributed by atoms with Crippen LogP contribution in [0.15, 0.2) is 12.3 Å². The van der Waals surface area contributed by atoms with Gasteiger partial charge in [0.15, 0.2) is 0 Å². The van der Waals surface area contributed by atoms with Crippen LogP contribution in [0.4, 0.5) is 0 Å². The molecular weight excluding hydrogens is 220 g/mol. The first-order chi connectivity index (χ1) is 8.74. The standard InChI is InChI=1S/C16H28N2/c1-3-4-5-6-8-13(2)18-12-11-14-15(17)9-7-10-16(14)18/h11-13,15H,3-10,17H2,1-2H3. The van der Waals surface area contributed by atoms with E-state index in [0.717, 1.165) is 6.42 Å². The third-order valence-corrected chi connectivity index (χ3v) is 4.34. The summed E-state index contributed by atoms with van der Waals surface area (Å²) < 4.78 is 2.49. The number of nitrogens with two attached hydrogens (primary N) is 1. The Balaban J connectivity index is 1.96. The molecule has 0 bridgehead atoms. The molecule has 2 nitrogen and oxygen atoms in total. The first-order valence-electron chi connectivity index (χ1n) is 7.69. The molecule has 18 heavy (non-hydrogen) atoms. The van der Waals surface area contributed by atoms with Crippen LogP contribution in [0.1, 0.15) is 82.1 Å². The third-order valence-electron chi connectivity index (χ3n) is 4.34. The molecule has 0 amide bonds. The van der Waals surface area contributed by atoms with Crippen LogP contribution < -0.4 is 5.73 Å². The van der Waals surface area contributed by atoms with Crippen LogP contribution in [-0.4, -0.2) is 4.57 Å². The van der Waals surface area contributed by atoms with Crippen LogP contribution in [0.2, 0.25) is 0 Å². The molecular formula is C16H28N2. The Morgan fingerprint density at radius 1 is 1.39 bits per heavy atom. The van der Waals surface area contributed by atoms with Gasteiger partial charge in [0, 0.05) is 24.0 Å². The maximum Gasteiger partial charge on any atom is 0.0312 e. The second-order valence-electron chi connectivity index (χ2n) is 5.82. The number of fused-ring (bicyclic) bond motifs is 1. The first-order valence-corrected chi connectivity index (χ1v) is 7.69. The van der Waals surface area contributed by atoms with Crippen molar-refractivity contribution >= 4 is 0 Å². The van der Waals surface area contributed by atoms with E-state index < -0.39 is 0 Å². The molecule has 2 N–H and O–H groups in total. The lowest BCUT2D eigenvalue weighted by Gasteiger charge is -2.24. The molecule has 2 atom stereocenters. The van der Waals surface area contributed by atoms with Gasteiger partial charge in [-0.15, -0.1) is 0 Å². The summed E-state index contributed by atoms with van der Waals surface area (Å²) in [4.78, 5) is 0. The molecule has 1 heterocycles. The number of unbranched alkanes of at least 4 members (excludes halogenated alkanes) is 3. The van der Waals surface area contributed by atoms with Crippen molar-refractivity contribution in [3.63, 3.8) is 0 Å². The summed E-state index contributed by atoms with van der Waals surface area (Å²) in [5.74, 6) is 0. The second-order valence-corrected chi connectivity index (χ2v) is 5.82. The van der Waals surface area contributed by atoms with E-state index in [9.17, 15) is 0 Å². The van der Waals surface area contributed by atoms with E-state index in [1.165, 1.54) is 56.2 Å². The van der Waals surface area contributed by atoms with Crippen LogP contribution in [0, 0.1) is 0 Å². The molecule has 1 aliphatic rings. The zero-order chi connectivity index (χ0) is 13.0. The highest BCUT2D eigenvalue weighted by Crippen LogP contribution is 2.31.